The largest absolute Gasteiger partial charge is 0.493 e. The van der Waals surface area contributed by atoms with Crippen LogP contribution in [0, 0.1) is 0 Å². The molecule has 0 aliphatic rings. The van der Waals surface area contributed by atoms with Crippen LogP contribution in [0.25, 0.3) is 44.3 Å². The molecule has 0 aliphatic carbocycles. The summed E-state index contributed by atoms with van der Waals surface area (Å²) < 4.78 is 11.1. The standard InChI is InChI=1S/C33H33N3O2/c1-36(2)16-15-34-33-29(20-28-21-31(37-3)32(38-4)22-30(28)35-33)27-18-25(23-11-7-5-8-12-23)17-26(19-27)24-13-9-6-10-14-24/h5-14,17-22H,15-16H2,1-4H3,(H,34,35). The maximum Gasteiger partial charge on any atom is 0.162 e. The number of nitrogens with zero attached hydrogens (tertiary/aromatic N) is 2. The summed E-state index contributed by atoms with van der Waals surface area (Å²) in [6.45, 7) is 1.67. The van der Waals surface area contributed by atoms with E-state index in [1.165, 1.54) is 11.1 Å². The summed E-state index contributed by atoms with van der Waals surface area (Å²) in [5, 5.41) is 4.58. The number of rotatable bonds is 9. The summed E-state index contributed by atoms with van der Waals surface area (Å²) >= 11 is 0. The van der Waals surface area contributed by atoms with Crippen LogP contribution < -0.4 is 14.8 Å². The van der Waals surface area contributed by atoms with E-state index in [0.717, 1.165) is 52.1 Å². The number of ether oxygens (including phenoxy) is 2. The maximum atomic E-state index is 5.59. The van der Waals surface area contributed by atoms with Gasteiger partial charge in [0.05, 0.1) is 19.7 Å². The number of hydrogen-bond donors (Lipinski definition) is 1. The Hall–Kier alpha value is -4.35. The minimum Gasteiger partial charge on any atom is -0.493 e. The predicted octanol–water partition coefficient (Wildman–Crippen LogP) is 7.23. The van der Waals surface area contributed by atoms with E-state index in [9.17, 15) is 0 Å². The van der Waals surface area contributed by atoms with Crippen molar-refractivity contribution < 1.29 is 9.47 Å². The van der Waals surface area contributed by atoms with E-state index in [-0.39, 0.29) is 0 Å². The summed E-state index contributed by atoms with van der Waals surface area (Å²) in [6, 6.07) is 33.9. The van der Waals surface area contributed by atoms with Gasteiger partial charge in [0, 0.05) is 30.1 Å². The minimum atomic E-state index is 0.664. The molecule has 0 saturated carbocycles. The van der Waals surface area contributed by atoms with Gasteiger partial charge in [-0.2, -0.15) is 0 Å². The van der Waals surface area contributed by atoms with Gasteiger partial charge >= 0.3 is 0 Å². The zero-order valence-electron chi connectivity index (χ0n) is 22.4. The van der Waals surface area contributed by atoms with Crippen LogP contribution in [-0.2, 0) is 0 Å². The molecular formula is C33H33N3O2. The van der Waals surface area contributed by atoms with Crippen LogP contribution in [0.5, 0.6) is 11.5 Å². The first-order valence-corrected chi connectivity index (χ1v) is 12.8. The fourth-order valence-electron chi connectivity index (χ4n) is 4.63. The topological polar surface area (TPSA) is 46.6 Å². The van der Waals surface area contributed by atoms with Crippen LogP contribution >= 0.6 is 0 Å². The summed E-state index contributed by atoms with van der Waals surface area (Å²) in [5.41, 5.74) is 7.66. The lowest BCUT2D eigenvalue weighted by Crippen LogP contribution is -2.21. The van der Waals surface area contributed by atoms with Gasteiger partial charge in [-0.15, -0.1) is 0 Å². The van der Waals surface area contributed by atoms with E-state index < -0.39 is 0 Å². The highest BCUT2D eigenvalue weighted by Gasteiger charge is 2.15. The zero-order valence-corrected chi connectivity index (χ0v) is 22.4. The Morgan fingerprint density at radius 3 is 1.76 bits per heavy atom. The van der Waals surface area contributed by atoms with Gasteiger partial charge in [0.2, 0.25) is 0 Å². The van der Waals surface area contributed by atoms with E-state index in [1.807, 2.05) is 24.3 Å². The molecule has 4 aromatic carbocycles. The molecule has 0 amide bonds. The molecule has 5 heteroatoms. The zero-order chi connectivity index (χ0) is 26.5. The number of aromatic nitrogens is 1. The summed E-state index contributed by atoms with van der Waals surface area (Å²) in [7, 11) is 7.45. The van der Waals surface area contributed by atoms with E-state index >= 15 is 0 Å². The van der Waals surface area contributed by atoms with Crippen molar-refractivity contribution in [3.8, 4) is 44.9 Å². The van der Waals surface area contributed by atoms with E-state index in [0.29, 0.717) is 11.5 Å². The van der Waals surface area contributed by atoms with Gasteiger partial charge in [-0.1, -0.05) is 60.7 Å². The fraction of sp³-hybridized carbons (Fsp3) is 0.182. The van der Waals surface area contributed by atoms with Gasteiger partial charge in [-0.3, -0.25) is 0 Å². The first-order chi connectivity index (χ1) is 18.6. The molecule has 5 aromatic rings. The first-order valence-electron chi connectivity index (χ1n) is 12.8. The Morgan fingerprint density at radius 1 is 0.658 bits per heavy atom. The van der Waals surface area contributed by atoms with Crippen LogP contribution in [0.3, 0.4) is 0 Å². The second-order valence-corrected chi connectivity index (χ2v) is 9.55. The van der Waals surface area contributed by atoms with Gasteiger partial charge in [-0.25, -0.2) is 4.98 Å². The Balaban J connectivity index is 1.73. The molecule has 0 spiro atoms. The number of nitrogens with one attached hydrogen (secondary N) is 1. The summed E-state index contributed by atoms with van der Waals surface area (Å²) in [4.78, 5) is 7.23. The van der Waals surface area contributed by atoms with Crippen molar-refractivity contribution in [1.82, 2.24) is 9.88 Å². The van der Waals surface area contributed by atoms with E-state index in [1.54, 1.807) is 14.2 Å². The Bertz CT molecular complexity index is 1480. The van der Waals surface area contributed by atoms with Crippen molar-refractivity contribution in [2.24, 2.45) is 0 Å². The van der Waals surface area contributed by atoms with Crippen molar-refractivity contribution in [2.45, 2.75) is 0 Å². The fourth-order valence-corrected chi connectivity index (χ4v) is 4.63. The van der Waals surface area contributed by atoms with E-state index in [4.69, 9.17) is 14.5 Å². The number of methoxy groups -OCH3 is 2. The molecule has 0 bridgehead atoms. The molecule has 0 unspecified atom stereocenters. The minimum absolute atomic E-state index is 0.664. The third kappa shape index (κ3) is 5.48. The smallest absolute Gasteiger partial charge is 0.162 e. The van der Waals surface area contributed by atoms with E-state index in [2.05, 4.69) is 97.1 Å². The van der Waals surface area contributed by atoms with Crippen LogP contribution in [-0.4, -0.2) is 51.3 Å². The van der Waals surface area contributed by atoms with Crippen LogP contribution in [0.2, 0.25) is 0 Å². The number of anilines is 1. The number of likely N-dealkylation sites (N-methyl/N-ethyl adjacent to an activating group) is 1. The number of benzene rings is 4. The Labute approximate surface area is 224 Å². The average Bonchev–Trinajstić information content (AvgIpc) is 2.96. The van der Waals surface area contributed by atoms with Crippen molar-refractivity contribution in [1.29, 1.82) is 0 Å². The van der Waals surface area contributed by atoms with Crippen molar-refractivity contribution in [3.63, 3.8) is 0 Å². The average molecular weight is 504 g/mol. The van der Waals surface area contributed by atoms with Crippen molar-refractivity contribution in [3.05, 3.63) is 97.1 Å². The van der Waals surface area contributed by atoms with Crippen LogP contribution in [0.15, 0.2) is 97.1 Å². The number of pyridine rings is 1. The molecule has 38 heavy (non-hydrogen) atoms. The van der Waals surface area contributed by atoms with Crippen LogP contribution in [0.4, 0.5) is 5.82 Å². The third-order valence-electron chi connectivity index (χ3n) is 6.63. The molecule has 1 N–H and O–H groups in total. The SMILES string of the molecule is COc1cc2cc(-c3cc(-c4ccccc4)cc(-c4ccccc4)c3)c(NCCN(C)C)nc2cc1OC. The molecule has 0 atom stereocenters. The molecular weight excluding hydrogens is 470 g/mol. The number of hydrogen-bond acceptors (Lipinski definition) is 5. The highest BCUT2D eigenvalue weighted by molar-refractivity contribution is 5.93. The second kappa shape index (κ2) is 11.4. The molecule has 1 heterocycles. The highest BCUT2D eigenvalue weighted by atomic mass is 16.5. The van der Waals surface area contributed by atoms with Crippen LogP contribution in [0.1, 0.15) is 0 Å². The number of fused-ring (bicyclic) bond motifs is 1. The third-order valence-corrected chi connectivity index (χ3v) is 6.63. The molecule has 5 rings (SSSR count). The quantitative estimate of drug-likeness (QED) is 0.230. The normalized spacial score (nSPS) is 11.1. The molecule has 0 aliphatic heterocycles. The van der Waals surface area contributed by atoms with Crippen molar-refractivity contribution in [2.75, 3.05) is 46.7 Å². The van der Waals surface area contributed by atoms with Gasteiger partial charge in [-0.05, 0) is 72.2 Å². The predicted molar refractivity (Wildman–Crippen MR) is 158 cm³/mol. The first kappa shape index (κ1) is 25.3. The highest BCUT2D eigenvalue weighted by Crippen LogP contribution is 2.39. The van der Waals surface area contributed by atoms with Gasteiger partial charge in [0.25, 0.3) is 0 Å². The Kier molecular flexibility index (Phi) is 7.57. The lowest BCUT2D eigenvalue weighted by Gasteiger charge is -2.18. The van der Waals surface area contributed by atoms with Gasteiger partial charge in [0.1, 0.15) is 5.82 Å². The van der Waals surface area contributed by atoms with Crippen molar-refractivity contribution >= 4 is 16.7 Å². The van der Waals surface area contributed by atoms with Gasteiger partial charge in [0.15, 0.2) is 11.5 Å². The molecule has 0 saturated heterocycles. The molecule has 0 radical (unpaired) electrons. The molecule has 1 aromatic heterocycles. The molecule has 5 nitrogen and oxygen atoms in total. The summed E-state index contributed by atoms with van der Waals surface area (Å²) in [6.07, 6.45) is 0. The lowest BCUT2D eigenvalue weighted by molar-refractivity contribution is 0.356. The lowest BCUT2D eigenvalue weighted by atomic mass is 9.93. The maximum absolute atomic E-state index is 5.59. The van der Waals surface area contributed by atoms with Gasteiger partial charge < -0.3 is 19.7 Å². The molecule has 192 valence electrons. The summed E-state index contributed by atoms with van der Waals surface area (Å²) in [5.74, 6) is 2.19. The monoisotopic (exact) mass is 503 g/mol. The Morgan fingerprint density at radius 2 is 1.21 bits per heavy atom. The molecule has 0 fully saturated rings. The second-order valence-electron chi connectivity index (χ2n) is 9.55.